The Morgan fingerprint density at radius 1 is 1.46 bits per heavy atom. The van der Waals surface area contributed by atoms with E-state index in [1.54, 1.807) is 6.92 Å². The van der Waals surface area contributed by atoms with E-state index in [2.05, 4.69) is 14.9 Å². The highest BCUT2D eigenvalue weighted by Gasteiger charge is 2.28. The molecule has 0 amide bonds. The second kappa shape index (κ2) is 3.59. The van der Waals surface area contributed by atoms with Crippen LogP contribution in [-0.4, -0.2) is 23.0 Å². The van der Waals surface area contributed by atoms with Crippen LogP contribution in [0.2, 0.25) is 0 Å². The maximum absolute atomic E-state index is 11.7. The van der Waals surface area contributed by atoms with Crippen LogP contribution in [0.5, 0.6) is 5.88 Å². The molecular formula is C7H7F3N2O. The molecule has 0 aromatic carbocycles. The van der Waals surface area contributed by atoms with Gasteiger partial charge in [-0.15, -0.1) is 5.10 Å². The first-order valence-corrected chi connectivity index (χ1v) is 3.47. The van der Waals surface area contributed by atoms with Crippen LogP contribution in [0.25, 0.3) is 0 Å². The number of rotatable bonds is 2. The van der Waals surface area contributed by atoms with Gasteiger partial charge in [0.1, 0.15) is 0 Å². The van der Waals surface area contributed by atoms with Crippen LogP contribution in [0.4, 0.5) is 13.2 Å². The fourth-order valence-electron chi connectivity index (χ4n) is 0.674. The van der Waals surface area contributed by atoms with Crippen molar-refractivity contribution in [3.63, 3.8) is 0 Å². The van der Waals surface area contributed by atoms with E-state index < -0.39 is 12.8 Å². The number of hydrogen-bond donors (Lipinski definition) is 0. The normalized spacial score (nSPS) is 11.4. The molecule has 3 nitrogen and oxygen atoms in total. The minimum atomic E-state index is -4.34. The van der Waals surface area contributed by atoms with Crippen LogP contribution in [0, 0.1) is 6.92 Å². The quantitative estimate of drug-likeness (QED) is 0.715. The van der Waals surface area contributed by atoms with Crippen molar-refractivity contribution in [3.8, 4) is 5.88 Å². The zero-order valence-electron chi connectivity index (χ0n) is 6.80. The molecule has 0 aliphatic heterocycles. The van der Waals surface area contributed by atoms with Gasteiger partial charge in [-0.25, -0.2) is 0 Å². The first-order chi connectivity index (χ1) is 5.99. The second-order valence-electron chi connectivity index (χ2n) is 2.42. The van der Waals surface area contributed by atoms with Crippen molar-refractivity contribution in [3.05, 3.63) is 17.8 Å². The molecule has 0 atom stereocenters. The second-order valence-corrected chi connectivity index (χ2v) is 2.42. The molecule has 13 heavy (non-hydrogen) atoms. The predicted octanol–water partition coefficient (Wildman–Crippen LogP) is 1.73. The fraction of sp³-hybridized carbons (Fsp3) is 0.429. The minimum Gasteiger partial charge on any atom is -0.467 e. The molecule has 0 fully saturated rings. The Labute approximate surface area is 72.5 Å². The predicted molar refractivity (Wildman–Crippen MR) is 38.3 cm³/mol. The van der Waals surface area contributed by atoms with Crippen LogP contribution >= 0.6 is 0 Å². The van der Waals surface area contributed by atoms with Gasteiger partial charge in [-0.3, -0.25) is 0 Å². The minimum absolute atomic E-state index is 0.0835. The molecule has 6 heteroatoms. The third-order valence-corrected chi connectivity index (χ3v) is 1.25. The summed E-state index contributed by atoms with van der Waals surface area (Å²) in [7, 11) is 0. The molecule has 0 aliphatic carbocycles. The highest BCUT2D eigenvalue weighted by Crippen LogP contribution is 2.18. The van der Waals surface area contributed by atoms with Gasteiger partial charge in [0.15, 0.2) is 6.61 Å². The van der Waals surface area contributed by atoms with E-state index in [9.17, 15) is 13.2 Å². The molecule has 1 rings (SSSR count). The zero-order valence-corrected chi connectivity index (χ0v) is 6.80. The van der Waals surface area contributed by atoms with Gasteiger partial charge >= 0.3 is 6.18 Å². The highest BCUT2D eigenvalue weighted by atomic mass is 19.4. The molecule has 0 bridgehead atoms. The summed E-state index contributed by atoms with van der Waals surface area (Å²) in [6.45, 7) is 0.257. The summed E-state index contributed by atoms with van der Waals surface area (Å²) in [5.41, 5.74) is 0.527. The van der Waals surface area contributed by atoms with E-state index in [1.165, 1.54) is 12.3 Å². The first kappa shape index (κ1) is 9.76. The van der Waals surface area contributed by atoms with Crippen molar-refractivity contribution in [2.24, 2.45) is 0 Å². The first-order valence-electron chi connectivity index (χ1n) is 3.47. The lowest BCUT2D eigenvalue weighted by atomic mass is 10.3. The SMILES string of the molecule is Cc1ccnnc1OCC(F)(F)F. The third kappa shape index (κ3) is 3.27. The van der Waals surface area contributed by atoms with Gasteiger partial charge in [0.25, 0.3) is 0 Å². The van der Waals surface area contributed by atoms with Gasteiger partial charge in [-0.2, -0.15) is 18.3 Å². The topological polar surface area (TPSA) is 35.0 Å². The number of ether oxygens (including phenoxy) is 1. The summed E-state index contributed by atoms with van der Waals surface area (Å²) in [6.07, 6.45) is -2.96. The van der Waals surface area contributed by atoms with Crippen molar-refractivity contribution < 1.29 is 17.9 Å². The van der Waals surface area contributed by atoms with Gasteiger partial charge in [-0.05, 0) is 13.0 Å². The van der Waals surface area contributed by atoms with Crippen LogP contribution in [0.3, 0.4) is 0 Å². The summed E-state index contributed by atoms with van der Waals surface area (Å²) < 4.78 is 39.5. The number of halogens is 3. The maximum Gasteiger partial charge on any atom is 0.422 e. The molecule has 1 aromatic heterocycles. The Morgan fingerprint density at radius 2 is 2.15 bits per heavy atom. The number of nitrogens with zero attached hydrogens (tertiary/aromatic N) is 2. The standard InChI is InChI=1S/C7H7F3N2O/c1-5-2-3-11-12-6(5)13-4-7(8,9)10/h2-3H,4H2,1H3. The molecule has 0 unspecified atom stereocenters. The summed E-state index contributed by atoms with van der Waals surface area (Å²) in [4.78, 5) is 0. The lowest BCUT2D eigenvalue weighted by molar-refractivity contribution is -0.154. The van der Waals surface area contributed by atoms with Crippen molar-refractivity contribution in [2.45, 2.75) is 13.1 Å². The lowest BCUT2D eigenvalue weighted by Gasteiger charge is -2.08. The van der Waals surface area contributed by atoms with Crippen molar-refractivity contribution in [1.82, 2.24) is 10.2 Å². The molecule has 72 valence electrons. The molecule has 0 aliphatic rings. The van der Waals surface area contributed by atoms with Crippen LogP contribution < -0.4 is 4.74 Å². The molecule has 0 radical (unpaired) electrons. The average molecular weight is 192 g/mol. The van der Waals surface area contributed by atoms with E-state index in [1.807, 2.05) is 0 Å². The monoisotopic (exact) mass is 192 g/mol. The van der Waals surface area contributed by atoms with Gasteiger partial charge < -0.3 is 4.74 Å². The van der Waals surface area contributed by atoms with Gasteiger partial charge in [0, 0.05) is 5.56 Å². The molecule has 0 saturated heterocycles. The smallest absolute Gasteiger partial charge is 0.422 e. The summed E-state index contributed by atoms with van der Waals surface area (Å²) >= 11 is 0. The third-order valence-electron chi connectivity index (χ3n) is 1.25. The average Bonchev–Trinajstić information content (AvgIpc) is 2.01. The summed E-state index contributed by atoms with van der Waals surface area (Å²) in [6, 6.07) is 1.53. The fourth-order valence-corrected chi connectivity index (χ4v) is 0.674. The number of alkyl halides is 3. The van der Waals surface area contributed by atoms with E-state index in [4.69, 9.17) is 0 Å². The van der Waals surface area contributed by atoms with Crippen molar-refractivity contribution >= 4 is 0 Å². The number of aryl methyl sites for hydroxylation is 1. The Morgan fingerprint density at radius 3 is 2.69 bits per heavy atom. The summed E-state index contributed by atoms with van der Waals surface area (Å²) in [5, 5.41) is 6.81. The Bertz CT molecular complexity index is 287. The van der Waals surface area contributed by atoms with Gasteiger partial charge in [-0.1, -0.05) is 0 Å². The summed E-state index contributed by atoms with van der Waals surface area (Å²) in [5.74, 6) is -0.0835. The molecule has 1 aromatic rings. The molecule has 1 heterocycles. The zero-order chi connectivity index (χ0) is 9.90. The van der Waals surface area contributed by atoms with E-state index in [0.29, 0.717) is 5.56 Å². The van der Waals surface area contributed by atoms with E-state index in [-0.39, 0.29) is 5.88 Å². The highest BCUT2D eigenvalue weighted by molar-refractivity contribution is 5.20. The molecule has 0 spiro atoms. The van der Waals surface area contributed by atoms with Crippen LogP contribution in [-0.2, 0) is 0 Å². The molecule has 0 saturated carbocycles. The van der Waals surface area contributed by atoms with Gasteiger partial charge in [0.05, 0.1) is 6.20 Å². The maximum atomic E-state index is 11.7. The van der Waals surface area contributed by atoms with Gasteiger partial charge in [0.2, 0.25) is 5.88 Å². The molecular weight excluding hydrogens is 185 g/mol. The molecule has 0 N–H and O–H groups in total. The van der Waals surface area contributed by atoms with Crippen molar-refractivity contribution in [2.75, 3.05) is 6.61 Å². The number of hydrogen-bond acceptors (Lipinski definition) is 3. The Balaban J connectivity index is 2.60. The number of aromatic nitrogens is 2. The Kier molecular flexibility index (Phi) is 2.69. The largest absolute Gasteiger partial charge is 0.467 e. The van der Waals surface area contributed by atoms with Crippen LogP contribution in [0.15, 0.2) is 12.3 Å². The Hall–Kier alpha value is -1.33. The van der Waals surface area contributed by atoms with Crippen LogP contribution in [0.1, 0.15) is 5.56 Å². The van der Waals surface area contributed by atoms with Crippen molar-refractivity contribution in [1.29, 1.82) is 0 Å². The van der Waals surface area contributed by atoms with E-state index >= 15 is 0 Å². The lowest BCUT2D eigenvalue weighted by Crippen LogP contribution is -2.20. The van der Waals surface area contributed by atoms with E-state index in [0.717, 1.165) is 0 Å².